The molecule has 128 valence electrons. The molecule has 0 spiro atoms. The van der Waals surface area contributed by atoms with Gasteiger partial charge in [0.25, 0.3) is 5.91 Å². The third kappa shape index (κ3) is 2.97. The second kappa shape index (κ2) is 6.24. The number of benzene rings is 2. The first-order valence-corrected chi connectivity index (χ1v) is 8.58. The lowest BCUT2D eigenvalue weighted by Crippen LogP contribution is -2.48. The molecular weight excluding hydrogens is 316 g/mol. The number of amides is 2. The minimum Gasteiger partial charge on any atom is -0.476 e. The number of para-hydroxylation sites is 2. The third-order valence-corrected chi connectivity index (χ3v) is 4.81. The Morgan fingerprint density at radius 2 is 1.92 bits per heavy atom. The van der Waals surface area contributed by atoms with Crippen molar-refractivity contribution in [3.8, 4) is 5.75 Å². The van der Waals surface area contributed by atoms with E-state index < -0.39 is 6.10 Å². The maximum atomic E-state index is 12.7. The predicted molar refractivity (Wildman–Crippen MR) is 96.0 cm³/mol. The molecule has 5 nitrogen and oxygen atoms in total. The number of fused-ring (bicyclic) bond motifs is 2. The molecule has 2 aromatic rings. The fourth-order valence-corrected chi connectivity index (χ4v) is 3.54. The van der Waals surface area contributed by atoms with Crippen molar-refractivity contribution in [1.29, 1.82) is 0 Å². The van der Waals surface area contributed by atoms with Crippen LogP contribution in [0.4, 0.5) is 11.4 Å². The minimum atomic E-state index is -0.730. The van der Waals surface area contributed by atoms with Crippen LogP contribution in [0.25, 0.3) is 0 Å². The Bertz CT molecular complexity index is 847. The zero-order valence-electron chi connectivity index (χ0n) is 14.1. The Kier molecular flexibility index (Phi) is 3.92. The fraction of sp³-hybridized carbons (Fsp3) is 0.300. The molecule has 2 aromatic carbocycles. The molecule has 25 heavy (non-hydrogen) atoms. The molecule has 2 amide bonds. The molecule has 2 aliphatic rings. The maximum Gasteiger partial charge on any atom is 0.267 e. The lowest BCUT2D eigenvalue weighted by molar-refractivity contribution is -0.123. The monoisotopic (exact) mass is 336 g/mol. The maximum absolute atomic E-state index is 12.7. The molecule has 5 heteroatoms. The normalized spacial score (nSPS) is 18.1. The molecule has 1 heterocycles. The van der Waals surface area contributed by atoms with Crippen molar-refractivity contribution in [2.45, 2.75) is 32.3 Å². The molecule has 0 fully saturated rings. The van der Waals surface area contributed by atoms with Gasteiger partial charge in [-0.3, -0.25) is 9.59 Å². The Balaban J connectivity index is 1.54. The van der Waals surface area contributed by atoms with Gasteiger partial charge >= 0.3 is 0 Å². The first kappa shape index (κ1) is 15.7. The zero-order valence-corrected chi connectivity index (χ0v) is 14.1. The van der Waals surface area contributed by atoms with Crippen molar-refractivity contribution in [2.75, 3.05) is 16.8 Å². The van der Waals surface area contributed by atoms with E-state index >= 15 is 0 Å². The van der Waals surface area contributed by atoms with Crippen LogP contribution >= 0.6 is 0 Å². The van der Waals surface area contributed by atoms with Gasteiger partial charge in [-0.15, -0.1) is 0 Å². The summed E-state index contributed by atoms with van der Waals surface area (Å²) >= 11 is 0. The fourth-order valence-electron chi connectivity index (χ4n) is 3.54. The highest BCUT2D eigenvalue weighted by molar-refractivity contribution is 5.99. The summed E-state index contributed by atoms with van der Waals surface area (Å²) in [6, 6.07) is 13.3. The highest BCUT2D eigenvalue weighted by atomic mass is 16.5. The Labute approximate surface area is 146 Å². The van der Waals surface area contributed by atoms with Crippen molar-refractivity contribution >= 4 is 23.2 Å². The molecule has 1 aliphatic carbocycles. The molecule has 0 saturated heterocycles. The molecule has 1 atom stereocenters. The van der Waals surface area contributed by atoms with Gasteiger partial charge in [0.15, 0.2) is 6.10 Å². The largest absolute Gasteiger partial charge is 0.476 e. The quantitative estimate of drug-likeness (QED) is 0.917. The Hall–Kier alpha value is -2.82. The second-order valence-corrected chi connectivity index (χ2v) is 6.53. The third-order valence-electron chi connectivity index (χ3n) is 4.81. The van der Waals surface area contributed by atoms with Gasteiger partial charge in [-0.1, -0.05) is 18.2 Å². The highest BCUT2D eigenvalue weighted by Crippen LogP contribution is 2.33. The molecule has 1 unspecified atom stereocenters. The lowest BCUT2D eigenvalue weighted by Gasteiger charge is -2.33. The molecular formula is C20H20N2O3. The first-order chi connectivity index (χ1) is 12.1. The number of nitrogens with zero attached hydrogens (tertiary/aromatic N) is 1. The Morgan fingerprint density at radius 3 is 2.76 bits per heavy atom. The standard InChI is InChI=1S/C20H20N2O3/c1-13(23)22-12-19(25-18-8-3-2-7-17(18)22)20(24)21-16-10-9-14-5-4-6-15(14)11-16/h2-3,7-11,19H,4-6,12H2,1H3,(H,21,24). The van der Waals surface area contributed by atoms with Gasteiger partial charge in [0.05, 0.1) is 12.2 Å². The molecule has 4 rings (SSSR count). The summed E-state index contributed by atoms with van der Waals surface area (Å²) in [7, 11) is 0. The number of hydrogen-bond donors (Lipinski definition) is 1. The predicted octanol–water partition coefficient (Wildman–Crippen LogP) is 2.93. The number of ether oxygens (including phenoxy) is 1. The number of carbonyl (C=O) groups is 2. The van der Waals surface area contributed by atoms with Crippen LogP contribution < -0.4 is 15.0 Å². The topological polar surface area (TPSA) is 58.6 Å². The first-order valence-electron chi connectivity index (χ1n) is 8.58. The zero-order chi connectivity index (χ0) is 17.4. The minimum absolute atomic E-state index is 0.105. The van der Waals surface area contributed by atoms with Gasteiger partial charge in [0.1, 0.15) is 5.75 Å². The summed E-state index contributed by atoms with van der Waals surface area (Å²) in [4.78, 5) is 26.2. The summed E-state index contributed by atoms with van der Waals surface area (Å²) in [5.41, 5.74) is 4.15. The van der Waals surface area contributed by atoms with E-state index in [9.17, 15) is 9.59 Å². The average Bonchev–Trinajstić information content (AvgIpc) is 3.08. The van der Waals surface area contributed by atoms with Crippen molar-refractivity contribution in [2.24, 2.45) is 0 Å². The van der Waals surface area contributed by atoms with Crippen LogP contribution in [0.3, 0.4) is 0 Å². The van der Waals surface area contributed by atoms with Crippen LogP contribution in [0.5, 0.6) is 5.75 Å². The average molecular weight is 336 g/mol. The van der Waals surface area contributed by atoms with Crippen LogP contribution in [0.1, 0.15) is 24.5 Å². The van der Waals surface area contributed by atoms with Gasteiger partial charge < -0.3 is 15.0 Å². The van der Waals surface area contributed by atoms with Gasteiger partial charge in [-0.25, -0.2) is 0 Å². The SMILES string of the molecule is CC(=O)N1CC(C(=O)Nc2ccc3c(c2)CCC3)Oc2ccccc21. The van der Waals surface area contributed by atoms with Crippen LogP contribution in [0.2, 0.25) is 0 Å². The second-order valence-electron chi connectivity index (χ2n) is 6.53. The summed E-state index contributed by atoms with van der Waals surface area (Å²) in [5.74, 6) is 0.211. The molecule has 0 saturated carbocycles. The molecule has 1 aliphatic heterocycles. The van der Waals surface area contributed by atoms with Gasteiger partial charge in [0, 0.05) is 12.6 Å². The highest BCUT2D eigenvalue weighted by Gasteiger charge is 2.32. The van der Waals surface area contributed by atoms with E-state index in [1.807, 2.05) is 30.3 Å². The van der Waals surface area contributed by atoms with E-state index in [1.54, 1.807) is 11.0 Å². The van der Waals surface area contributed by atoms with Crippen LogP contribution in [-0.4, -0.2) is 24.5 Å². The van der Waals surface area contributed by atoms with Gasteiger partial charge in [-0.2, -0.15) is 0 Å². The number of rotatable bonds is 2. The van der Waals surface area contributed by atoms with Gasteiger partial charge in [-0.05, 0) is 54.7 Å². The molecule has 0 bridgehead atoms. The van der Waals surface area contributed by atoms with E-state index in [0.717, 1.165) is 18.5 Å². The van der Waals surface area contributed by atoms with E-state index in [1.165, 1.54) is 24.5 Å². The number of aryl methyl sites for hydroxylation is 2. The summed E-state index contributed by atoms with van der Waals surface area (Å²) in [6.45, 7) is 1.71. The summed E-state index contributed by atoms with van der Waals surface area (Å²) < 4.78 is 5.83. The lowest BCUT2D eigenvalue weighted by atomic mass is 10.1. The molecule has 1 N–H and O–H groups in total. The number of nitrogens with one attached hydrogen (secondary N) is 1. The van der Waals surface area contributed by atoms with Crippen molar-refractivity contribution in [3.05, 3.63) is 53.6 Å². The van der Waals surface area contributed by atoms with Crippen molar-refractivity contribution in [1.82, 2.24) is 0 Å². The van der Waals surface area contributed by atoms with Crippen LogP contribution in [-0.2, 0) is 22.4 Å². The van der Waals surface area contributed by atoms with Crippen molar-refractivity contribution < 1.29 is 14.3 Å². The number of carbonyl (C=O) groups excluding carboxylic acids is 2. The van der Waals surface area contributed by atoms with Gasteiger partial charge in [0.2, 0.25) is 5.91 Å². The molecule has 0 aromatic heterocycles. The smallest absolute Gasteiger partial charge is 0.267 e. The van der Waals surface area contributed by atoms with Crippen LogP contribution in [0, 0.1) is 0 Å². The van der Waals surface area contributed by atoms with Crippen molar-refractivity contribution in [3.63, 3.8) is 0 Å². The van der Waals surface area contributed by atoms with E-state index in [-0.39, 0.29) is 18.4 Å². The Morgan fingerprint density at radius 1 is 1.12 bits per heavy atom. The van der Waals surface area contributed by atoms with E-state index in [0.29, 0.717) is 11.4 Å². The number of hydrogen-bond acceptors (Lipinski definition) is 3. The van der Waals surface area contributed by atoms with Crippen LogP contribution in [0.15, 0.2) is 42.5 Å². The molecule has 0 radical (unpaired) electrons. The summed E-state index contributed by atoms with van der Waals surface area (Å²) in [5, 5.41) is 2.93. The van der Waals surface area contributed by atoms with E-state index in [2.05, 4.69) is 11.4 Å². The summed E-state index contributed by atoms with van der Waals surface area (Å²) in [6.07, 6.45) is 2.61. The van der Waals surface area contributed by atoms with E-state index in [4.69, 9.17) is 4.74 Å². The number of anilines is 2.